The van der Waals surface area contributed by atoms with Crippen molar-refractivity contribution in [2.45, 2.75) is 0 Å². The van der Waals surface area contributed by atoms with Crippen LogP contribution in [0.5, 0.6) is 0 Å². The number of carboxylic acids is 1. The third-order valence-corrected chi connectivity index (χ3v) is 2.33. The Morgan fingerprint density at radius 3 is 2.67 bits per heavy atom. The van der Waals surface area contributed by atoms with Crippen LogP contribution in [0, 0.1) is 0 Å². The maximum Gasteiger partial charge on any atom is 0.337 e. The first-order chi connectivity index (χ1) is 8.72. The highest BCUT2D eigenvalue weighted by atomic mass is 16.4. The molecule has 0 aliphatic rings. The Balaban J connectivity index is 2.57. The van der Waals surface area contributed by atoms with Gasteiger partial charge in [0.05, 0.1) is 16.9 Å². The van der Waals surface area contributed by atoms with Gasteiger partial charge in [0.2, 0.25) is 0 Å². The van der Waals surface area contributed by atoms with E-state index in [0.717, 1.165) is 5.56 Å². The third kappa shape index (κ3) is 2.28. The lowest BCUT2D eigenvalue weighted by molar-refractivity contribution is 0.0697. The van der Waals surface area contributed by atoms with E-state index >= 15 is 0 Å². The number of hydrogen-bond acceptors (Lipinski definition) is 3. The van der Waals surface area contributed by atoms with Gasteiger partial charge in [0.25, 0.3) is 0 Å². The maximum absolute atomic E-state index is 10.9. The van der Waals surface area contributed by atoms with E-state index in [9.17, 15) is 4.79 Å². The first-order valence-corrected chi connectivity index (χ1v) is 5.06. The van der Waals surface area contributed by atoms with Crippen molar-refractivity contribution in [3.63, 3.8) is 0 Å². The van der Waals surface area contributed by atoms with Crippen LogP contribution < -0.4 is 0 Å². The molecule has 88 valence electrons. The average Bonchev–Trinajstić information content (AvgIpc) is 2.40. The Kier molecular flexibility index (Phi) is 3.22. The summed E-state index contributed by atoms with van der Waals surface area (Å²) in [6.07, 6.45) is 1.19. The van der Waals surface area contributed by atoms with E-state index in [-0.39, 0.29) is 11.3 Å². The second kappa shape index (κ2) is 4.99. The maximum atomic E-state index is 10.9. The Bertz CT molecular complexity index is 634. The van der Waals surface area contributed by atoms with Crippen LogP contribution >= 0.6 is 0 Å². The molecule has 0 aliphatic heterocycles. The smallest absolute Gasteiger partial charge is 0.337 e. The summed E-state index contributed by atoms with van der Waals surface area (Å²) in [5, 5.41) is 12.3. The van der Waals surface area contributed by atoms with Gasteiger partial charge in [-0.3, -0.25) is 4.98 Å². The minimum absolute atomic E-state index is 0.0545. The molecule has 0 aliphatic carbocycles. The van der Waals surface area contributed by atoms with Gasteiger partial charge in [-0.15, -0.1) is 0 Å². The lowest BCUT2D eigenvalue weighted by Gasteiger charge is -2.04. The fourth-order valence-electron chi connectivity index (χ4n) is 1.51. The van der Waals surface area contributed by atoms with E-state index in [4.69, 9.17) is 10.6 Å². The summed E-state index contributed by atoms with van der Waals surface area (Å²) in [4.78, 5) is 17.6. The lowest BCUT2D eigenvalue weighted by Crippen LogP contribution is -1.98. The van der Waals surface area contributed by atoms with Gasteiger partial charge in [-0.25, -0.2) is 4.79 Å². The van der Waals surface area contributed by atoms with Crippen molar-refractivity contribution in [1.82, 2.24) is 4.98 Å². The molecule has 18 heavy (non-hydrogen) atoms. The SMILES string of the molecule is [N-]=[N+]=Nc1cc(-c2ccccc2)ncc1C(=O)O. The zero-order valence-electron chi connectivity index (χ0n) is 9.19. The van der Waals surface area contributed by atoms with Gasteiger partial charge < -0.3 is 5.11 Å². The van der Waals surface area contributed by atoms with E-state index < -0.39 is 5.97 Å². The molecule has 2 aromatic rings. The first kappa shape index (κ1) is 11.6. The topological polar surface area (TPSA) is 99.0 Å². The molecular formula is C12H8N4O2. The van der Waals surface area contributed by atoms with E-state index in [1.807, 2.05) is 30.3 Å². The van der Waals surface area contributed by atoms with Crippen molar-refractivity contribution in [3.8, 4) is 11.3 Å². The van der Waals surface area contributed by atoms with Gasteiger partial charge in [-0.05, 0) is 11.6 Å². The highest BCUT2D eigenvalue weighted by molar-refractivity contribution is 5.93. The molecule has 2 rings (SSSR count). The van der Waals surface area contributed by atoms with E-state index in [1.54, 1.807) is 0 Å². The van der Waals surface area contributed by atoms with Crippen LogP contribution in [-0.2, 0) is 0 Å². The van der Waals surface area contributed by atoms with Gasteiger partial charge in [0.1, 0.15) is 0 Å². The van der Waals surface area contributed by atoms with E-state index in [2.05, 4.69) is 15.0 Å². The number of hydrogen-bond donors (Lipinski definition) is 1. The summed E-state index contributed by atoms with van der Waals surface area (Å²) in [7, 11) is 0. The van der Waals surface area contributed by atoms with E-state index in [1.165, 1.54) is 12.3 Å². The Morgan fingerprint density at radius 2 is 2.06 bits per heavy atom. The normalized spacial score (nSPS) is 9.56. The summed E-state index contributed by atoms with van der Waals surface area (Å²) in [6.45, 7) is 0. The Hall–Kier alpha value is -2.85. The summed E-state index contributed by atoms with van der Waals surface area (Å²) >= 11 is 0. The molecule has 1 N–H and O–H groups in total. The van der Waals surface area contributed by atoms with Crippen molar-refractivity contribution in [2.75, 3.05) is 0 Å². The van der Waals surface area contributed by atoms with Crippen LogP contribution in [0.2, 0.25) is 0 Å². The third-order valence-electron chi connectivity index (χ3n) is 2.33. The molecular weight excluding hydrogens is 232 g/mol. The molecule has 0 unspecified atom stereocenters. The molecule has 0 saturated heterocycles. The summed E-state index contributed by atoms with van der Waals surface area (Å²) in [5.74, 6) is -1.18. The molecule has 1 aromatic carbocycles. The minimum atomic E-state index is -1.18. The van der Waals surface area contributed by atoms with Crippen molar-refractivity contribution in [3.05, 3.63) is 58.6 Å². The van der Waals surface area contributed by atoms with Crippen LogP contribution in [0.1, 0.15) is 10.4 Å². The van der Waals surface area contributed by atoms with Gasteiger partial charge in [0.15, 0.2) is 0 Å². The molecule has 0 atom stereocenters. The van der Waals surface area contributed by atoms with Crippen LogP contribution in [0.25, 0.3) is 21.7 Å². The monoisotopic (exact) mass is 240 g/mol. The number of carbonyl (C=O) groups is 1. The molecule has 0 radical (unpaired) electrons. The highest BCUT2D eigenvalue weighted by Gasteiger charge is 2.11. The number of carboxylic acid groups (broad SMARTS) is 1. The zero-order chi connectivity index (χ0) is 13.0. The molecule has 1 aromatic heterocycles. The van der Waals surface area contributed by atoms with Crippen molar-refractivity contribution >= 4 is 11.7 Å². The fraction of sp³-hybridized carbons (Fsp3) is 0. The van der Waals surface area contributed by atoms with Gasteiger partial charge >= 0.3 is 5.97 Å². The number of azide groups is 1. The van der Waals surface area contributed by atoms with Crippen molar-refractivity contribution in [2.24, 2.45) is 5.11 Å². The highest BCUT2D eigenvalue weighted by Crippen LogP contribution is 2.25. The van der Waals surface area contributed by atoms with Crippen LogP contribution in [0.4, 0.5) is 5.69 Å². The molecule has 0 amide bonds. The Labute approximate surface area is 102 Å². The minimum Gasteiger partial charge on any atom is -0.478 e. The van der Waals surface area contributed by atoms with Gasteiger partial charge in [-0.2, -0.15) is 0 Å². The number of pyridine rings is 1. The zero-order valence-corrected chi connectivity index (χ0v) is 9.19. The van der Waals surface area contributed by atoms with Crippen molar-refractivity contribution in [1.29, 1.82) is 0 Å². The van der Waals surface area contributed by atoms with Crippen molar-refractivity contribution < 1.29 is 9.90 Å². The molecule has 0 spiro atoms. The molecule has 6 nitrogen and oxygen atoms in total. The van der Waals surface area contributed by atoms with Crippen LogP contribution in [-0.4, -0.2) is 16.1 Å². The van der Waals surface area contributed by atoms with Gasteiger partial charge in [0, 0.05) is 16.7 Å². The number of aromatic carboxylic acids is 1. The largest absolute Gasteiger partial charge is 0.478 e. The molecule has 0 fully saturated rings. The van der Waals surface area contributed by atoms with E-state index in [0.29, 0.717) is 5.69 Å². The number of nitrogens with zero attached hydrogens (tertiary/aromatic N) is 4. The predicted molar refractivity (Wildman–Crippen MR) is 65.4 cm³/mol. The summed E-state index contributed by atoms with van der Waals surface area (Å²) in [5.41, 5.74) is 9.75. The lowest BCUT2D eigenvalue weighted by atomic mass is 10.1. The second-order valence-electron chi connectivity index (χ2n) is 3.45. The number of rotatable bonds is 3. The van der Waals surface area contributed by atoms with Gasteiger partial charge in [-0.1, -0.05) is 35.4 Å². The predicted octanol–water partition coefficient (Wildman–Crippen LogP) is 3.39. The first-order valence-electron chi connectivity index (χ1n) is 5.06. The Morgan fingerprint density at radius 1 is 1.33 bits per heavy atom. The second-order valence-corrected chi connectivity index (χ2v) is 3.45. The molecule has 0 saturated carbocycles. The molecule has 1 heterocycles. The van der Waals surface area contributed by atoms with Crippen LogP contribution in [0.3, 0.4) is 0 Å². The standard InChI is InChI=1S/C12H8N4O2/c13-16-15-11-6-10(8-4-2-1-3-5-8)14-7-9(11)12(17)18/h1-7H,(H,17,18). The number of benzene rings is 1. The number of aromatic nitrogens is 1. The van der Waals surface area contributed by atoms with Crippen LogP contribution in [0.15, 0.2) is 47.7 Å². The fourth-order valence-corrected chi connectivity index (χ4v) is 1.51. The molecule has 6 heteroatoms. The average molecular weight is 240 g/mol. The summed E-state index contributed by atoms with van der Waals surface area (Å²) < 4.78 is 0. The quantitative estimate of drug-likeness (QED) is 0.505. The summed E-state index contributed by atoms with van der Waals surface area (Å²) in [6, 6.07) is 10.7. The molecule has 0 bridgehead atoms.